The number of methoxy groups -OCH3 is 2. The van der Waals surface area contributed by atoms with Crippen molar-refractivity contribution in [1.82, 2.24) is 0 Å². The van der Waals surface area contributed by atoms with Crippen LogP contribution in [0.1, 0.15) is 17.3 Å². The van der Waals surface area contributed by atoms with E-state index in [1.807, 2.05) is 6.92 Å². The Kier molecular flexibility index (Phi) is 7.39. The number of nitro benzene ring substituents is 1. The van der Waals surface area contributed by atoms with Gasteiger partial charge in [-0.2, -0.15) is 0 Å². The van der Waals surface area contributed by atoms with Gasteiger partial charge < -0.3 is 9.47 Å². The summed E-state index contributed by atoms with van der Waals surface area (Å²) in [5.74, 6) is -2.63. The fourth-order valence-electron chi connectivity index (χ4n) is 0.900. The Hall–Kier alpha value is -1.93. The van der Waals surface area contributed by atoms with E-state index in [-0.39, 0.29) is 12.6 Å². The fourth-order valence-corrected chi connectivity index (χ4v) is 0.900. The van der Waals surface area contributed by atoms with Crippen LogP contribution in [0.4, 0.5) is 14.5 Å². The standard InChI is InChI=1S/C7H3F2NO3.C4H10O2/c8-5-1-4(3-11)7(10(12)13)2-6(5)9;1-4(5-2)6-3/h1-3H;4H,1-3H3. The van der Waals surface area contributed by atoms with E-state index in [0.717, 1.165) is 0 Å². The molecule has 0 saturated heterocycles. The molecule has 1 rings (SSSR count). The maximum absolute atomic E-state index is 12.5. The molecular formula is C11H13F2NO5. The van der Waals surface area contributed by atoms with Crippen LogP contribution in [-0.4, -0.2) is 31.7 Å². The van der Waals surface area contributed by atoms with Crippen molar-refractivity contribution >= 4 is 12.0 Å². The number of nitro groups is 1. The van der Waals surface area contributed by atoms with E-state index in [1.165, 1.54) is 0 Å². The topological polar surface area (TPSA) is 78.7 Å². The fraction of sp³-hybridized carbons (Fsp3) is 0.364. The van der Waals surface area contributed by atoms with Crippen molar-refractivity contribution in [3.05, 3.63) is 39.4 Å². The molecule has 6 nitrogen and oxygen atoms in total. The molecule has 0 amide bonds. The van der Waals surface area contributed by atoms with Gasteiger partial charge in [-0.05, 0) is 13.0 Å². The van der Waals surface area contributed by atoms with Gasteiger partial charge in [-0.3, -0.25) is 14.9 Å². The van der Waals surface area contributed by atoms with Crippen LogP contribution in [0.25, 0.3) is 0 Å². The first-order chi connectivity index (χ1) is 8.87. The number of benzene rings is 1. The maximum atomic E-state index is 12.5. The quantitative estimate of drug-likeness (QED) is 0.365. The highest BCUT2D eigenvalue weighted by Gasteiger charge is 2.17. The van der Waals surface area contributed by atoms with Gasteiger partial charge in [0.05, 0.1) is 16.6 Å². The lowest BCUT2D eigenvalue weighted by atomic mass is 10.2. The lowest BCUT2D eigenvalue weighted by molar-refractivity contribution is -0.385. The van der Waals surface area contributed by atoms with Gasteiger partial charge in [-0.1, -0.05) is 0 Å². The number of halogens is 2. The largest absolute Gasteiger partial charge is 0.356 e. The first kappa shape index (κ1) is 17.1. The Morgan fingerprint density at radius 3 is 2.05 bits per heavy atom. The minimum Gasteiger partial charge on any atom is -0.356 e. The summed E-state index contributed by atoms with van der Waals surface area (Å²) in [7, 11) is 3.21. The van der Waals surface area contributed by atoms with Crippen molar-refractivity contribution in [3.8, 4) is 0 Å². The summed E-state index contributed by atoms with van der Waals surface area (Å²) in [6, 6.07) is 0.861. The molecular weight excluding hydrogens is 264 g/mol. The third-order valence-corrected chi connectivity index (χ3v) is 2.06. The Balaban J connectivity index is 0.000000459. The number of rotatable bonds is 4. The Morgan fingerprint density at radius 2 is 1.74 bits per heavy atom. The molecule has 19 heavy (non-hydrogen) atoms. The van der Waals surface area contributed by atoms with Gasteiger partial charge in [0.2, 0.25) is 0 Å². The highest BCUT2D eigenvalue weighted by Crippen LogP contribution is 2.20. The van der Waals surface area contributed by atoms with E-state index in [0.29, 0.717) is 12.1 Å². The van der Waals surface area contributed by atoms with Crippen molar-refractivity contribution in [3.63, 3.8) is 0 Å². The molecule has 0 aromatic heterocycles. The van der Waals surface area contributed by atoms with Crippen LogP contribution < -0.4 is 0 Å². The third-order valence-electron chi connectivity index (χ3n) is 2.06. The smallest absolute Gasteiger partial charge is 0.283 e. The van der Waals surface area contributed by atoms with Crippen LogP contribution in [0, 0.1) is 21.7 Å². The summed E-state index contributed by atoms with van der Waals surface area (Å²) in [6.07, 6.45) is 0.0331. The number of hydrogen-bond donors (Lipinski definition) is 0. The third kappa shape index (κ3) is 5.49. The average Bonchev–Trinajstić information content (AvgIpc) is 2.40. The molecule has 0 aliphatic carbocycles. The van der Waals surface area contributed by atoms with Crippen LogP contribution in [0.2, 0.25) is 0 Å². The van der Waals surface area contributed by atoms with Gasteiger partial charge >= 0.3 is 0 Å². The molecule has 0 N–H and O–H groups in total. The molecule has 0 unspecified atom stereocenters. The first-order valence-corrected chi connectivity index (χ1v) is 5.01. The van der Waals surface area contributed by atoms with Gasteiger partial charge in [-0.25, -0.2) is 8.78 Å². The van der Waals surface area contributed by atoms with E-state index in [4.69, 9.17) is 0 Å². The van der Waals surface area contributed by atoms with E-state index in [9.17, 15) is 23.7 Å². The Bertz CT molecular complexity index is 449. The van der Waals surface area contributed by atoms with Crippen molar-refractivity contribution in [2.75, 3.05) is 14.2 Å². The predicted octanol–water partition coefficient (Wildman–Crippen LogP) is 2.31. The van der Waals surface area contributed by atoms with Gasteiger partial charge in [-0.15, -0.1) is 0 Å². The maximum Gasteiger partial charge on any atom is 0.283 e. The summed E-state index contributed by atoms with van der Waals surface area (Å²) in [6.45, 7) is 1.83. The molecule has 0 atom stereocenters. The number of ether oxygens (including phenoxy) is 2. The molecule has 1 aromatic rings. The SMILES string of the molecule is COC(C)OC.O=Cc1cc(F)c(F)cc1[N+](=O)[O-]. The zero-order valence-electron chi connectivity index (χ0n) is 10.6. The number of aldehydes is 1. The van der Waals surface area contributed by atoms with Gasteiger partial charge in [0.25, 0.3) is 5.69 Å². The summed E-state index contributed by atoms with van der Waals surface area (Å²) in [4.78, 5) is 19.5. The molecule has 0 saturated carbocycles. The number of carbonyl (C=O) groups excluding carboxylic acids is 1. The molecule has 8 heteroatoms. The first-order valence-electron chi connectivity index (χ1n) is 5.01. The van der Waals surface area contributed by atoms with Crippen molar-refractivity contribution in [1.29, 1.82) is 0 Å². The second kappa shape index (κ2) is 8.22. The Morgan fingerprint density at radius 1 is 1.26 bits per heavy atom. The van der Waals surface area contributed by atoms with E-state index < -0.39 is 27.8 Å². The van der Waals surface area contributed by atoms with Gasteiger partial charge in [0.1, 0.15) is 0 Å². The normalized spacial score (nSPS) is 9.79. The molecule has 0 aliphatic rings. The van der Waals surface area contributed by atoms with Crippen LogP contribution in [0.15, 0.2) is 12.1 Å². The highest BCUT2D eigenvalue weighted by atomic mass is 19.2. The number of carbonyl (C=O) groups is 1. The van der Waals surface area contributed by atoms with Gasteiger partial charge in [0.15, 0.2) is 24.2 Å². The number of hydrogen-bond acceptors (Lipinski definition) is 5. The van der Waals surface area contributed by atoms with E-state index in [2.05, 4.69) is 9.47 Å². The van der Waals surface area contributed by atoms with Crippen molar-refractivity contribution < 1.29 is 28.0 Å². The highest BCUT2D eigenvalue weighted by molar-refractivity contribution is 5.81. The van der Waals surface area contributed by atoms with Gasteiger partial charge in [0, 0.05) is 14.2 Å². The van der Waals surface area contributed by atoms with Crippen LogP contribution in [-0.2, 0) is 9.47 Å². The van der Waals surface area contributed by atoms with E-state index in [1.54, 1.807) is 14.2 Å². The monoisotopic (exact) mass is 277 g/mol. The average molecular weight is 277 g/mol. The molecule has 0 bridgehead atoms. The number of nitrogens with zero attached hydrogens (tertiary/aromatic N) is 1. The molecule has 0 fully saturated rings. The zero-order valence-corrected chi connectivity index (χ0v) is 10.6. The second-order valence-electron chi connectivity index (χ2n) is 3.24. The summed E-state index contributed by atoms with van der Waals surface area (Å²) < 4.78 is 34.3. The Labute approximate surface area is 108 Å². The zero-order chi connectivity index (χ0) is 15.0. The predicted molar refractivity (Wildman–Crippen MR) is 61.9 cm³/mol. The summed E-state index contributed by atoms with van der Waals surface area (Å²) >= 11 is 0. The van der Waals surface area contributed by atoms with Crippen LogP contribution >= 0.6 is 0 Å². The summed E-state index contributed by atoms with van der Waals surface area (Å²) in [5.41, 5.74) is -1.22. The second-order valence-corrected chi connectivity index (χ2v) is 3.24. The van der Waals surface area contributed by atoms with E-state index >= 15 is 0 Å². The van der Waals surface area contributed by atoms with Crippen LogP contribution in [0.5, 0.6) is 0 Å². The van der Waals surface area contributed by atoms with Crippen molar-refractivity contribution in [2.45, 2.75) is 13.2 Å². The summed E-state index contributed by atoms with van der Waals surface area (Å²) in [5, 5.41) is 10.2. The molecule has 1 aromatic carbocycles. The molecule has 106 valence electrons. The minimum absolute atomic E-state index is 0.0648. The molecule has 0 radical (unpaired) electrons. The van der Waals surface area contributed by atoms with Crippen molar-refractivity contribution in [2.24, 2.45) is 0 Å². The lowest BCUT2D eigenvalue weighted by Gasteiger charge is -2.03. The minimum atomic E-state index is -1.35. The molecule has 0 spiro atoms. The molecule has 0 aliphatic heterocycles. The molecule has 0 heterocycles. The van der Waals surface area contributed by atoms with Crippen LogP contribution in [0.3, 0.4) is 0 Å². The lowest BCUT2D eigenvalue weighted by Crippen LogP contribution is -2.05.